The molecule has 0 saturated carbocycles. The zero-order valence-electron chi connectivity index (χ0n) is 8.45. The lowest BCUT2D eigenvalue weighted by molar-refractivity contribution is 0.611. The second-order valence-corrected chi connectivity index (χ2v) is 3.15. The Kier molecular flexibility index (Phi) is 10.2. The van der Waals surface area contributed by atoms with Crippen molar-refractivity contribution < 1.29 is 0 Å². The summed E-state index contributed by atoms with van der Waals surface area (Å²) in [6, 6.07) is 0. The Hall–Kier alpha value is -0.950. The molecule has 0 fully saturated rings. The summed E-state index contributed by atoms with van der Waals surface area (Å²) < 4.78 is 0. The third-order valence-electron chi connectivity index (χ3n) is 1.95. The van der Waals surface area contributed by atoms with E-state index in [2.05, 4.69) is 16.9 Å². The molecule has 0 radical (unpaired) electrons. The third kappa shape index (κ3) is 11.0. The number of allylic oxidation sites excluding steroid dienone is 1. The van der Waals surface area contributed by atoms with Gasteiger partial charge in [0.25, 0.3) is 0 Å². The molecule has 0 aromatic heterocycles. The Labute approximate surface area is 80.5 Å². The lowest BCUT2D eigenvalue weighted by atomic mass is 10.1. The van der Waals surface area contributed by atoms with Gasteiger partial charge >= 0.3 is 0 Å². The van der Waals surface area contributed by atoms with Crippen LogP contribution in [0.1, 0.15) is 51.9 Å². The molecule has 0 unspecified atom stereocenters. The van der Waals surface area contributed by atoms with E-state index < -0.39 is 0 Å². The maximum absolute atomic E-state index is 7.97. The standard InChI is InChI=1S/C10H19N3/c1-2-3-4-5-6-7-8-9-10-12-13-11/h9-10H,2-8H2,1H3/b10-9+. The number of unbranched alkanes of at least 4 members (excludes halogenated alkanes) is 6. The number of rotatable bonds is 8. The Morgan fingerprint density at radius 3 is 2.54 bits per heavy atom. The van der Waals surface area contributed by atoms with Crippen LogP contribution in [0.3, 0.4) is 0 Å². The molecule has 0 rings (SSSR count). The molecule has 0 aliphatic heterocycles. The van der Waals surface area contributed by atoms with Gasteiger partial charge in [-0.15, -0.1) is 0 Å². The van der Waals surface area contributed by atoms with Crippen LogP contribution in [0.2, 0.25) is 0 Å². The molecule has 0 aliphatic rings. The predicted molar refractivity (Wildman–Crippen MR) is 56.3 cm³/mol. The van der Waals surface area contributed by atoms with E-state index in [0.29, 0.717) is 0 Å². The Bertz CT molecular complexity index is 169. The van der Waals surface area contributed by atoms with E-state index in [1.165, 1.54) is 44.7 Å². The summed E-state index contributed by atoms with van der Waals surface area (Å²) in [6.45, 7) is 2.22. The van der Waals surface area contributed by atoms with Gasteiger partial charge in [-0.2, -0.15) is 0 Å². The molecule has 0 N–H and O–H groups in total. The van der Waals surface area contributed by atoms with Crippen LogP contribution in [0.4, 0.5) is 0 Å². The van der Waals surface area contributed by atoms with Gasteiger partial charge in [0, 0.05) is 4.91 Å². The van der Waals surface area contributed by atoms with Crippen molar-refractivity contribution >= 4 is 0 Å². The first-order valence-electron chi connectivity index (χ1n) is 5.11. The summed E-state index contributed by atoms with van der Waals surface area (Å²) in [6.07, 6.45) is 12.4. The van der Waals surface area contributed by atoms with E-state index >= 15 is 0 Å². The van der Waals surface area contributed by atoms with Crippen molar-refractivity contribution in [1.29, 1.82) is 0 Å². The molecule has 0 amide bonds. The minimum atomic E-state index is 1.03. The quantitative estimate of drug-likeness (QED) is 0.228. The van der Waals surface area contributed by atoms with Crippen molar-refractivity contribution in [2.45, 2.75) is 51.9 Å². The molecule has 3 heteroatoms. The van der Waals surface area contributed by atoms with E-state index in [9.17, 15) is 0 Å². The normalized spacial score (nSPS) is 10.2. The van der Waals surface area contributed by atoms with Crippen LogP contribution < -0.4 is 0 Å². The van der Waals surface area contributed by atoms with Crippen LogP contribution in [0, 0.1) is 0 Å². The first kappa shape index (κ1) is 12.0. The zero-order valence-corrected chi connectivity index (χ0v) is 8.45. The molecule has 13 heavy (non-hydrogen) atoms. The molecule has 0 aromatic carbocycles. The fourth-order valence-corrected chi connectivity index (χ4v) is 1.19. The van der Waals surface area contributed by atoms with Crippen molar-refractivity contribution in [3.8, 4) is 0 Å². The van der Waals surface area contributed by atoms with Crippen molar-refractivity contribution in [3.63, 3.8) is 0 Å². The maximum Gasteiger partial charge on any atom is 0.00474 e. The Morgan fingerprint density at radius 2 is 1.85 bits per heavy atom. The monoisotopic (exact) mass is 181 g/mol. The fourth-order valence-electron chi connectivity index (χ4n) is 1.19. The van der Waals surface area contributed by atoms with Crippen LogP contribution in [-0.2, 0) is 0 Å². The predicted octanol–water partition coefficient (Wildman–Crippen LogP) is 4.56. The average molecular weight is 181 g/mol. The summed E-state index contributed by atoms with van der Waals surface area (Å²) in [7, 11) is 0. The van der Waals surface area contributed by atoms with Gasteiger partial charge in [-0.3, -0.25) is 0 Å². The first-order valence-corrected chi connectivity index (χ1v) is 5.11. The summed E-state index contributed by atoms with van der Waals surface area (Å²) in [5.74, 6) is 0. The molecule has 0 aromatic rings. The topological polar surface area (TPSA) is 48.8 Å². The van der Waals surface area contributed by atoms with Gasteiger partial charge in [-0.25, -0.2) is 0 Å². The van der Waals surface area contributed by atoms with E-state index in [1.54, 1.807) is 0 Å². The molecular formula is C10H19N3. The molecule has 0 bridgehead atoms. The highest BCUT2D eigenvalue weighted by Crippen LogP contribution is 2.06. The van der Waals surface area contributed by atoms with Crippen LogP contribution in [0.5, 0.6) is 0 Å². The van der Waals surface area contributed by atoms with E-state index in [1.807, 2.05) is 6.08 Å². The van der Waals surface area contributed by atoms with Crippen molar-refractivity contribution in [3.05, 3.63) is 22.7 Å². The zero-order chi connectivity index (χ0) is 9.78. The second kappa shape index (κ2) is 11.1. The Balaban J connectivity index is 3.03. The van der Waals surface area contributed by atoms with Gasteiger partial charge in [0.05, 0.1) is 0 Å². The number of hydrogen-bond donors (Lipinski definition) is 0. The molecule has 0 saturated heterocycles. The highest BCUT2D eigenvalue weighted by atomic mass is 15.1. The van der Waals surface area contributed by atoms with Crippen LogP contribution >= 0.6 is 0 Å². The second-order valence-electron chi connectivity index (χ2n) is 3.15. The van der Waals surface area contributed by atoms with Crippen LogP contribution in [0.25, 0.3) is 10.4 Å². The minimum absolute atomic E-state index is 1.03. The van der Waals surface area contributed by atoms with Crippen LogP contribution in [0.15, 0.2) is 17.4 Å². The molecule has 74 valence electrons. The Morgan fingerprint density at radius 1 is 1.15 bits per heavy atom. The van der Waals surface area contributed by atoms with E-state index in [-0.39, 0.29) is 0 Å². The molecule has 3 nitrogen and oxygen atoms in total. The van der Waals surface area contributed by atoms with Crippen molar-refractivity contribution in [2.75, 3.05) is 0 Å². The largest absolute Gasteiger partial charge is 0.0823 e. The number of azide groups is 1. The SMILES string of the molecule is CCCCCCCC/C=C/N=[N+]=[N-]. The first-order chi connectivity index (χ1) is 6.41. The summed E-state index contributed by atoms with van der Waals surface area (Å²) in [5.41, 5.74) is 7.97. The van der Waals surface area contributed by atoms with Gasteiger partial charge in [-0.05, 0) is 24.6 Å². The third-order valence-corrected chi connectivity index (χ3v) is 1.95. The molecule has 0 spiro atoms. The average Bonchev–Trinajstić information content (AvgIpc) is 2.16. The van der Waals surface area contributed by atoms with Gasteiger partial charge in [0.1, 0.15) is 0 Å². The van der Waals surface area contributed by atoms with Crippen molar-refractivity contribution in [1.82, 2.24) is 0 Å². The lowest BCUT2D eigenvalue weighted by Gasteiger charge is -1.96. The van der Waals surface area contributed by atoms with Crippen molar-refractivity contribution in [2.24, 2.45) is 5.11 Å². The minimum Gasteiger partial charge on any atom is -0.0823 e. The molecule has 0 atom stereocenters. The van der Waals surface area contributed by atoms with Gasteiger partial charge < -0.3 is 0 Å². The smallest absolute Gasteiger partial charge is 0.00474 e. The molecule has 0 heterocycles. The lowest BCUT2D eigenvalue weighted by Crippen LogP contribution is -1.77. The number of hydrogen-bond acceptors (Lipinski definition) is 1. The molecule has 0 aliphatic carbocycles. The highest BCUT2D eigenvalue weighted by molar-refractivity contribution is 4.79. The van der Waals surface area contributed by atoms with Gasteiger partial charge in [-0.1, -0.05) is 50.2 Å². The van der Waals surface area contributed by atoms with Gasteiger partial charge in [0.15, 0.2) is 0 Å². The van der Waals surface area contributed by atoms with E-state index in [0.717, 1.165) is 6.42 Å². The maximum atomic E-state index is 7.97. The highest BCUT2D eigenvalue weighted by Gasteiger charge is 1.87. The van der Waals surface area contributed by atoms with Crippen LogP contribution in [-0.4, -0.2) is 0 Å². The number of nitrogens with zero attached hydrogens (tertiary/aromatic N) is 3. The molecular weight excluding hydrogens is 162 g/mol. The fraction of sp³-hybridized carbons (Fsp3) is 0.800. The summed E-state index contributed by atoms with van der Waals surface area (Å²) in [5, 5.41) is 3.32. The van der Waals surface area contributed by atoms with Gasteiger partial charge in [0.2, 0.25) is 0 Å². The summed E-state index contributed by atoms with van der Waals surface area (Å²) >= 11 is 0. The van der Waals surface area contributed by atoms with E-state index in [4.69, 9.17) is 5.53 Å². The summed E-state index contributed by atoms with van der Waals surface area (Å²) in [4.78, 5) is 2.63.